The molecule has 1 saturated heterocycles. The zero-order valence-corrected chi connectivity index (χ0v) is 16.4. The Bertz CT molecular complexity index is 616. The van der Waals surface area contributed by atoms with Gasteiger partial charge < -0.3 is 10.6 Å². The summed E-state index contributed by atoms with van der Waals surface area (Å²) >= 11 is 6.68. The first kappa shape index (κ1) is 19.9. The lowest BCUT2D eigenvalue weighted by molar-refractivity contribution is -0.120. The molecule has 1 amide bonds. The van der Waals surface area contributed by atoms with E-state index in [9.17, 15) is 4.79 Å². The van der Waals surface area contributed by atoms with Gasteiger partial charge >= 0.3 is 0 Å². The van der Waals surface area contributed by atoms with Crippen LogP contribution >= 0.6 is 63.4 Å². The fourth-order valence-corrected chi connectivity index (χ4v) is 4.23. The minimum atomic E-state index is 0. The molecule has 0 spiro atoms. The van der Waals surface area contributed by atoms with E-state index < -0.39 is 0 Å². The van der Waals surface area contributed by atoms with E-state index in [0.29, 0.717) is 12.3 Å². The Kier molecular flexibility index (Phi) is 8.31. The summed E-state index contributed by atoms with van der Waals surface area (Å²) < 4.78 is 1.07. The molecule has 3 heterocycles. The van der Waals surface area contributed by atoms with Crippen molar-refractivity contribution in [1.82, 2.24) is 15.6 Å². The van der Waals surface area contributed by atoms with E-state index in [4.69, 9.17) is 0 Å². The van der Waals surface area contributed by atoms with E-state index in [1.807, 2.05) is 10.8 Å². The Balaban J connectivity index is 0.00000121. The van der Waals surface area contributed by atoms with Crippen molar-refractivity contribution >= 4 is 69.3 Å². The lowest BCUT2D eigenvalue weighted by Crippen LogP contribution is -2.48. The van der Waals surface area contributed by atoms with Crippen molar-refractivity contribution in [3.05, 3.63) is 27.0 Å². The second-order valence-corrected chi connectivity index (χ2v) is 7.46. The minimum absolute atomic E-state index is 0. The molecule has 9 heteroatoms. The van der Waals surface area contributed by atoms with E-state index in [1.54, 1.807) is 22.7 Å². The average molecular weight is 445 g/mol. The number of hydrogen-bond acceptors (Lipinski definition) is 5. The van der Waals surface area contributed by atoms with Gasteiger partial charge in [-0.1, -0.05) is 0 Å². The number of aromatic nitrogens is 1. The van der Waals surface area contributed by atoms with Crippen molar-refractivity contribution in [2.45, 2.75) is 6.42 Å². The van der Waals surface area contributed by atoms with Crippen molar-refractivity contribution in [1.29, 1.82) is 0 Å². The predicted molar refractivity (Wildman–Crippen MR) is 101 cm³/mol. The van der Waals surface area contributed by atoms with Crippen molar-refractivity contribution in [2.75, 3.05) is 19.6 Å². The van der Waals surface area contributed by atoms with Crippen LogP contribution in [0.3, 0.4) is 0 Å². The van der Waals surface area contributed by atoms with Gasteiger partial charge in [0.2, 0.25) is 5.91 Å². The molecule has 0 bridgehead atoms. The predicted octanol–water partition coefficient (Wildman–Crippen LogP) is 3.36. The average Bonchev–Trinajstić information content (AvgIpc) is 2.96. The van der Waals surface area contributed by atoms with Crippen LogP contribution in [0.4, 0.5) is 0 Å². The number of nitrogens with one attached hydrogen (secondary N) is 2. The normalized spacial score (nSPS) is 13.7. The van der Waals surface area contributed by atoms with E-state index in [-0.39, 0.29) is 30.7 Å². The smallest absolute Gasteiger partial charge is 0.226 e. The number of amides is 1. The van der Waals surface area contributed by atoms with Crippen LogP contribution in [0.5, 0.6) is 0 Å². The van der Waals surface area contributed by atoms with Crippen LogP contribution in [0.1, 0.15) is 5.69 Å². The largest absolute Gasteiger partial charge is 0.355 e. The molecule has 2 aromatic rings. The number of thiazole rings is 1. The standard InChI is InChI=1S/C13H14BrN3OS2.2ClH/c14-9-1-11(19-6-9)13-17-10(7-20-13)2-12(18)16-5-8-3-15-4-8;;/h1,6-8,15H,2-5H2,(H,16,18);2*1H. The lowest BCUT2D eigenvalue weighted by Gasteiger charge is -2.26. The molecule has 1 fully saturated rings. The molecule has 2 N–H and O–H groups in total. The van der Waals surface area contributed by atoms with Gasteiger partial charge in [0.05, 0.1) is 17.0 Å². The summed E-state index contributed by atoms with van der Waals surface area (Å²) in [6.07, 6.45) is 0.364. The highest BCUT2D eigenvalue weighted by Gasteiger charge is 2.17. The van der Waals surface area contributed by atoms with Gasteiger partial charge in [-0.25, -0.2) is 4.98 Å². The van der Waals surface area contributed by atoms with Gasteiger partial charge in [0.1, 0.15) is 5.01 Å². The van der Waals surface area contributed by atoms with Crippen LogP contribution in [-0.2, 0) is 11.2 Å². The summed E-state index contributed by atoms with van der Waals surface area (Å²) in [5.74, 6) is 0.648. The molecule has 0 atom stereocenters. The monoisotopic (exact) mass is 443 g/mol. The highest BCUT2D eigenvalue weighted by Crippen LogP contribution is 2.32. The summed E-state index contributed by atoms with van der Waals surface area (Å²) in [5.41, 5.74) is 0.846. The molecule has 0 saturated carbocycles. The van der Waals surface area contributed by atoms with Crippen molar-refractivity contribution in [2.24, 2.45) is 5.92 Å². The third-order valence-corrected chi connectivity index (χ3v) is 5.88. The first-order chi connectivity index (χ1) is 9.70. The van der Waals surface area contributed by atoms with Gasteiger partial charge in [-0.05, 0) is 22.0 Å². The molecule has 1 aliphatic heterocycles. The van der Waals surface area contributed by atoms with E-state index in [2.05, 4.69) is 37.6 Å². The Morgan fingerprint density at radius 1 is 1.36 bits per heavy atom. The maximum absolute atomic E-state index is 11.8. The Morgan fingerprint density at radius 3 is 2.73 bits per heavy atom. The van der Waals surface area contributed by atoms with Gasteiger partial charge in [-0.15, -0.1) is 47.5 Å². The zero-order valence-electron chi connectivity index (χ0n) is 11.5. The number of carbonyl (C=O) groups is 1. The van der Waals surface area contributed by atoms with Gasteiger partial charge in [0.15, 0.2) is 0 Å². The number of thiophene rings is 1. The second kappa shape index (κ2) is 9.20. The van der Waals surface area contributed by atoms with Crippen LogP contribution in [0.15, 0.2) is 21.3 Å². The Hall–Kier alpha value is -0.180. The first-order valence-corrected chi connectivity index (χ1v) is 8.92. The third kappa shape index (κ3) is 5.18. The molecule has 4 nitrogen and oxygen atoms in total. The molecular formula is C13H16BrCl2N3OS2. The molecule has 0 aliphatic carbocycles. The molecular weight excluding hydrogens is 429 g/mol. The molecule has 122 valence electrons. The summed E-state index contributed by atoms with van der Waals surface area (Å²) in [6.45, 7) is 2.78. The minimum Gasteiger partial charge on any atom is -0.355 e. The molecule has 0 aromatic carbocycles. The van der Waals surface area contributed by atoms with Crippen molar-refractivity contribution in [3.8, 4) is 9.88 Å². The molecule has 0 unspecified atom stereocenters. The fraction of sp³-hybridized carbons (Fsp3) is 0.385. The van der Waals surface area contributed by atoms with E-state index >= 15 is 0 Å². The highest BCUT2D eigenvalue weighted by molar-refractivity contribution is 9.10. The summed E-state index contributed by atoms with van der Waals surface area (Å²) in [4.78, 5) is 17.5. The summed E-state index contributed by atoms with van der Waals surface area (Å²) in [7, 11) is 0. The van der Waals surface area contributed by atoms with Gasteiger partial charge in [-0.3, -0.25) is 4.79 Å². The van der Waals surface area contributed by atoms with Crippen molar-refractivity contribution in [3.63, 3.8) is 0 Å². The van der Waals surface area contributed by atoms with E-state index in [1.165, 1.54) is 0 Å². The SMILES string of the molecule is Cl.Cl.O=C(Cc1csc(-c2cc(Br)cs2)n1)NCC1CNC1. The molecule has 22 heavy (non-hydrogen) atoms. The first-order valence-electron chi connectivity index (χ1n) is 6.37. The van der Waals surface area contributed by atoms with Crippen LogP contribution < -0.4 is 10.6 Å². The van der Waals surface area contributed by atoms with Gasteiger partial charge in [-0.2, -0.15) is 0 Å². The fourth-order valence-electron chi connectivity index (χ4n) is 1.90. The summed E-state index contributed by atoms with van der Waals surface area (Å²) in [6, 6.07) is 2.05. The quantitative estimate of drug-likeness (QED) is 0.743. The van der Waals surface area contributed by atoms with Gasteiger partial charge in [0, 0.05) is 40.8 Å². The topological polar surface area (TPSA) is 54.0 Å². The highest BCUT2D eigenvalue weighted by atomic mass is 79.9. The summed E-state index contributed by atoms with van der Waals surface area (Å²) in [5, 5.41) is 11.1. The molecule has 1 aliphatic rings. The van der Waals surface area contributed by atoms with Crippen LogP contribution in [0, 0.1) is 5.92 Å². The number of nitrogens with zero attached hydrogens (tertiary/aromatic N) is 1. The molecule has 2 aromatic heterocycles. The molecule has 3 rings (SSSR count). The number of carbonyl (C=O) groups excluding carboxylic acids is 1. The third-order valence-electron chi connectivity index (χ3n) is 3.13. The number of halogens is 3. The second-order valence-electron chi connectivity index (χ2n) is 4.78. The molecule has 0 radical (unpaired) electrons. The Morgan fingerprint density at radius 2 is 2.14 bits per heavy atom. The van der Waals surface area contributed by atoms with Crippen LogP contribution in [0.2, 0.25) is 0 Å². The Labute approximate surface area is 158 Å². The lowest BCUT2D eigenvalue weighted by atomic mass is 10.0. The van der Waals surface area contributed by atoms with Crippen LogP contribution in [0.25, 0.3) is 9.88 Å². The maximum Gasteiger partial charge on any atom is 0.226 e. The maximum atomic E-state index is 11.8. The van der Waals surface area contributed by atoms with Crippen LogP contribution in [-0.4, -0.2) is 30.5 Å². The van der Waals surface area contributed by atoms with E-state index in [0.717, 1.165) is 39.7 Å². The number of hydrogen-bond donors (Lipinski definition) is 2. The number of rotatable bonds is 5. The van der Waals surface area contributed by atoms with Gasteiger partial charge in [0.25, 0.3) is 0 Å². The van der Waals surface area contributed by atoms with Crippen molar-refractivity contribution < 1.29 is 4.79 Å². The zero-order chi connectivity index (χ0) is 13.9.